The lowest BCUT2D eigenvalue weighted by Crippen LogP contribution is -2.21. The van der Waals surface area contributed by atoms with Gasteiger partial charge in [-0.15, -0.1) is 5.10 Å². The van der Waals surface area contributed by atoms with E-state index in [1.807, 2.05) is 21.0 Å². The van der Waals surface area contributed by atoms with Crippen LogP contribution < -0.4 is 0 Å². The first-order valence-corrected chi connectivity index (χ1v) is 7.83. The Bertz CT molecular complexity index is 607. The van der Waals surface area contributed by atoms with Gasteiger partial charge in [0.25, 0.3) is 0 Å². The maximum Gasteiger partial charge on any atom is 0.225 e. The zero-order valence-electron chi connectivity index (χ0n) is 11.6. The number of nitrogens with zero attached hydrogens (tertiary/aromatic N) is 5. The molecular formula is C12H16BrN5OS. The first-order chi connectivity index (χ1) is 9.54. The Labute approximate surface area is 130 Å². The molecule has 0 atom stereocenters. The average Bonchev–Trinajstić information content (AvgIpc) is 3.01. The highest BCUT2D eigenvalue weighted by Crippen LogP contribution is 2.23. The minimum absolute atomic E-state index is 0.0695. The highest BCUT2D eigenvalue weighted by Gasteiger charge is 2.23. The summed E-state index contributed by atoms with van der Waals surface area (Å²) in [6.45, 7) is 3.44. The van der Waals surface area contributed by atoms with Gasteiger partial charge in [-0.05, 0) is 48.0 Å². The van der Waals surface area contributed by atoms with Crippen LogP contribution in [0.5, 0.6) is 0 Å². The average molecular weight is 358 g/mol. The third kappa shape index (κ3) is 3.13. The summed E-state index contributed by atoms with van der Waals surface area (Å²) in [6.07, 6.45) is 2.35. The Balaban J connectivity index is 2.32. The summed E-state index contributed by atoms with van der Waals surface area (Å²) < 4.78 is 6.31. The number of halogens is 1. The van der Waals surface area contributed by atoms with Gasteiger partial charge in [0.15, 0.2) is 0 Å². The van der Waals surface area contributed by atoms with Crippen LogP contribution in [0, 0.1) is 0 Å². The van der Waals surface area contributed by atoms with E-state index in [2.05, 4.69) is 35.5 Å². The summed E-state index contributed by atoms with van der Waals surface area (Å²) >= 11 is 4.54. The van der Waals surface area contributed by atoms with Crippen molar-refractivity contribution in [2.45, 2.75) is 19.9 Å². The molecule has 0 aliphatic heterocycles. The van der Waals surface area contributed by atoms with Gasteiger partial charge in [-0.1, -0.05) is 11.4 Å². The van der Waals surface area contributed by atoms with Crippen molar-refractivity contribution in [2.75, 3.05) is 20.6 Å². The molecule has 0 aromatic carbocycles. The molecule has 0 amide bonds. The van der Waals surface area contributed by atoms with E-state index in [9.17, 15) is 4.79 Å². The second-order valence-electron chi connectivity index (χ2n) is 4.60. The van der Waals surface area contributed by atoms with Crippen LogP contribution in [-0.4, -0.2) is 50.7 Å². The van der Waals surface area contributed by atoms with Crippen LogP contribution in [0.1, 0.15) is 28.0 Å². The highest BCUT2D eigenvalue weighted by atomic mass is 79.9. The predicted octanol–water partition coefficient (Wildman–Crippen LogP) is 1.85. The van der Waals surface area contributed by atoms with Gasteiger partial charge < -0.3 is 4.90 Å². The smallest absolute Gasteiger partial charge is 0.225 e. The Morgan fingerprint density at radius 2 is 2.25 bits per heavy atom. The number of likely N-dealkylation sites (N-methyl/N-ethyl adjacent to an activating group) is 1. The molecule has 0 unspecified atom stereocenters. The van der Waals surface area contributed by atoms with E-state index < -0.39 is 0 Å². The Morgan fingerprint density at radius 1 is 1.50 bits per heavy atom. The molecule has 0 saturated carbocycles. The summed E-state index contributed by atoms with van der Waals surface area (Å²) in [5.41, 5.74) is 1.31. The van der Waals surface area contributed by atoms with Gasteiger partial charge in [0.05, 0.1) is 22.9 Å². The topological polar surface area (TPSA) is 63.9 Å². The fourth-order valence-corrected chi connectivity index (χ4v) is 2.94. The number of ketones is 1. The predicted molar refractivity (Wildman–Crippen MR) is 81.2 cm³/mol. The fourth-order valence-electron chi connectivity index (χ4n) is 1.77. The maximum atomic E-state index is 12.7. The molecule has 0 saturated heterocycles. The van der Waals surface area contributed by atoms with Gasteiger partial charge in [0.2, 0.25) is 5.78 Å². The van der Waals surface area contributed by atoms with Gasteiger partial charge in [0.1, 0.15) is 10.6 Å². The van der Waals surface area contributed by atoms with Crippen LogP contribution in [0.25, 0.3) is 0 Å². The van der Waals surface area contributed by atoms with E-state index in [4.69, 9.17) is 0 Å². The first kappa shape index (κ1) is 15.3. The minimum atomic E-state index is -0.0695. The van der Waals surface area contributed by atoms with Gasteiger partial charge in [-0.25, -0.2) is 0 Å². The molecule has 0 spiro atoms. The second kappa shape index (κ2) is 6.55. The standard InChI is InChI=1S/C12H16BrN5OS/c1-4-9-12(20-16-15-9)11(19)10-8(13)7-14-18(10)6-5-17(2)3/h7H,4-6H2,1-3H3. The van der Waals surface area contributed by atoms with E-state index in [0.717, 1.165) is 23.8 Å². The number of rotatable bonds is 6. The quantitative estimate of drug-likeness (QED) is 0.738. The zero-order chi connectivity index (χ0) is 14.7. The first-order valence-electron chi connectivity index (χ1n) is 6.26. The number of hydrogen-bond acceptors (Lipinski definition) is 6. The van der Waals surface area contributed by atoms with Crippen molar-refractivity contribution < 1.29 is 4.79 Å². The molecule has 6 nitrogen and oxygen atoms in total. The van der Waals surface area contributed by atoms with E-state index in [1.165, 1.54) is 0 Å². The lowest BCUT2D eigenvalue weighted by Gasteiger charge is -2.11. The van der Waals surface area contributed by atoms with E-state index >= 15 is 0 Å². The lowest BCUT2D eigenvalue weighted by molar-refractivity contribution is 0.103. The number of carbonyl (C=O) groups is 1. The molecule has 2 aromatic heterocycles. The zero-order valence-corrected chi connectivity index (χ0v) is 14.0. The van der Waals surface area contributed by atoms with Gasteiger partial charge in [-0.3, -0.25) is 9.48 Å². The molecule has 20 heavy (non-hydrogen) atoms. The van der Waals surface area contributed by atoms with E-state index in [-0.39, 0.29) is 5.78 Å². The molecule has 8 heteroatoms. The molecule has 0 aliphatic carbocycles. The second-order valence-corrected chi connectivity index (χ2v) is 6.21. The summed E-state index contributed by atoms with van der Waals surface area (Å²) in [6, 6.07) is 0. The molecule has 0 fully saturated rings. The number of hydrogen-bond donors (Lipinski definition) is 0. The Hall–Kier alpha value is -1.12. The minimum Gasteiger partial charge on any atom is -0.308 e. The van der Waals surface area contributed by atoms with Crippen molar-refractivity contribution in [3.05, 3.63) is 26.9 Å². The van der Waals surface area contributed by atoms with Gasteiger partial charge in [-0.2, -0.15) is 5.10 Å². The summed E-state index contributed by atoms with van der Waals surface area (Å²) in [5.74, 6) is -0.0695. The third-order valence-corrected chi connectivity index (χ3v) is 4.21. The lowest BCUT2D eigenvalue weighted by atomic mass is 10.2. The van der Waals surface area contributed by atoms with Crippen molar-refractivity contribution in [3.8, 4) is 0 Å². The Morgan fingerprint density at radius 3 is 2.90 bits per heavy atom. The van der Waals surface area contributed by atoms with Crippen LogP contribution in [0.15, 0.2) is 10.7 Å². The van der Waals surface area contributed by atoms with Crippen molar-refractivity contribution in [3.63, 3.8) is 0 Å². The number of carbonyl (C=O) groups excluding carboxylic acids is 1. The fraction of sp³-hybridized carbons (Fsp3) is 0.500. The van der Waals surface area contributed by atoms with Crippen molar-refractivity contribution in [1.29, 1.82) is 0 Å². The maximum absolute atomic E-state index is 12.7. The molecule has 2 rings (SSSR count). The van der Waals surface area contributed by atoms with Crippen LogP contribution >= 0.6 is 27.5 Å². The normalized spacial score (nSPS) is 11.2. The largest absolute Gasteiger partial charge is 0.308 e. The summed E-state index contributed by atoms with van der Waals surface area (Å²) in [4.78, 5) is 15.3. The summed E-state index contributed by atoms with van der Waals surface area (Å²) in [7, 11) is 3.98. The molecule has 2 heterocycles. The van der Waals surface area contributed by atoms with Gasteiger partial charge >= 0.3 is 0 Å². The Kier molecular flexibility index (Phi) is 5.00. The molecule has 0 radical (unpaired) electrons. The van der Waals surface area contributed by atoms with Crippen LogP contribution in [0.4, 0.5) is 0 Å². The van der Waals surface area contributed by atoms with E-state index in [1.54, 1.807) is 10.9 Å². The van der Waals surface area contributed by atoms with Crippen LogP contribution in [0.3, 0.4) is 0 Å². The molecule has 0 N–H and O–H groups in total. The van der Waals surface area contributed by atoms with Crippen molar-refractivity contribution >= 4 is 33.2 Å². The van der Waals surface area contributed by atoms with Crippen molar-refractivity contribution in [2.24, 2.45) is 0 Å². The molecule has 0 bridgehead atoms. The molecule has 2 aromatic rings. The highest BCUT2D eigenvalue weighted by molar-refractivity contribution is 9.10. The summed E-state index contributed by atoms with van der Waals surface area (Å²) in [5, 5.41) is 8.25. The molecule has 108 valence electrons. The van der Waals surface area contributed by atoms with Crippen LogP contribution in [-0.2, 0) is 13.0 Å². The number of aryl methyl sites for hydroxylation is 1. The number of aromatic nitrogens is 4. The van der Waals surface area contributed by atoms with E-state index in [0.29, 0.717) is 28.0 Å². The SMILES string of the molecule is CCc1nnsc1C(=O)c1c(Br)cnn1CCN(C)C. The van der Waals surface area contributed by atoms with Gasteiger partial charge in [0, 0.05) is 6.54 Å². The van der Waals surface area contributed by atoms with Crippen LogP contribution in [0.2, 0.25) is 0 Å². The van der Waals surface area contributed by atoms with Crippen molar-refractivity contribution in [1.82, 2.24) is 24.3 Å². The molecule has 0 aliphatic rings. The monoisotopic (exact) mass is 357 g/mol. The third-order valence-electron chi connectivity index (χ3n) is 2.87. The molecular weight excluding hydrogens is 342 g/mol.